The molecular weight excluding hydrogens is 244 g/mol. The van der Waals surface area contributed by atoms with Crippen LogP contribution in [0.25, 0.3) is 0 Å². The lowest BCUT2D eigenvalue weighted by Crippen LogP contribution is -2.34. The maximum Gasteiger partial charge on any atom is 0.0233 e. The summed E-state index contributed by atoms with van der Waals surface area (Å²) >= 11 is 0. The second-order valence-electron chi connectivity index (χ2n) is 6.45. The van der Waals surface area contributed by atoms with Crippen molar-refractivity contribution in [2.45, 2.75) is 46.7 Å². The third-order valence-electron chi connectivity index (χ3n) is 4.58. The van der Waals surface area contributed by atoms with E-state index in [0.29, 0.717) is 0 Å². The number of nitrogens with zero attached hydrogens (tertiary/aromatic N) is 1. The molecule has 0 aliphatic carbocycles. The fourth-order valence-electron chi connectivity index (χ4n) is 3.07. The smallest absolute Gasteiger partial charge is 0.0233 e. The Hall–Kier alpha value is -0.860. The van der Waals surface area contributed by atoms with Crippen LogP contribution in [0.5, 0.6) is 0 Å². The van der Waals surface area contributed by atoms with Gasteiger partial charge in [0.1, 0.15) is 0 Å². The van der Waals surface area contributed by atoms with Gasteiger partial charge < -0.3 is 5.32 Å². The molecule has 0 atom stereocenters. The molecule has 0 spiro atoms. The van der Waals surface area contributed by atoms with E-state index in [2.05, 4.69) is 55.3 Å². The van der Waals surface area contributed by atoms with Gasteiger partial charge >= 0.3 is 0 Å². The van der Waals surface area contributed by atoms with Gasteiger partial charge in [0.15, 0.2) is 0 Å². The van der Waals surface area contributed by atoms with E-state index in [1.165, 1.54) is 37.1 Å². The van der Waals surface area contributed by atoms with Crippen LogP contribution in [0, 0.1) is 11.8 Å². The second kappa shape index (κ2) is 7.80. The van der Waals surface area contributed by atoms with Gasteiger partial charge in [0, 0.05) is 13.1 Å². The minimum absolute atomic E-state index is 0.850. The largest absolute Gasteiger partial charge is 0.313 e. The van der Waals surface area contributed by atoms with Crippen LogP contribution >= 0.6 is 0 Å². The molecule has 1 aromatic rings. The number of nitrogens with one attached hydrogen (secondary N) is 1. The monoisotopic (exact) mass is 274 g/mol. The lowest BCUT2D eigenvalue weighted by molar-refractivity contribution is 0.152. The number of piperidine rings is 1. The SMILES string of the molecule is CCNCc1ccc(CN2CCC(C(C)C)CC2)cc1. The molecule has 1 fully saturated rings. The number of hydrogen-bond acceptors (Lipinski definition) is 2. The molecule has 0 saturated carbocycles. The first-order chi connectivity index (χ1) is 9.69. The molecule has 0 amide bonds. The van der Waals surface area contributed by atoms with E-state index in [1.807, 2.05) is 0 Å². The summed E-state index contributed by atoms with van der Waals surface area (Å²) in [6.07, 6.45) is 2.74. The van der Waals surface area contributed by atoms with Crippen LogP contribution in [0.15, 0.2) is 24.3 Å². The van der Waals surface area contributed by atoms with Gasteiger partial charge in [-0.25, -0.2) is 0 Å². The van der Waals surface area contributed by atoms with E-state index in [9.17, 15) is 0 Å². The molecule has 1 aliphatic heterocycles. The molecule has 1 aliphatic rings. The molecule has 1 heterocycles. The lowest BCUT2D eigenvalue weighted by Gasteiger charge is -2.33. The van der Waals surface area contributed by atoms with Gasteiger partial charge in [0.05, 0.1) is 0 Å². The van der Waals surface area contributed by atoms with Gasteiger partial charge in [0.25, 0.3) is 0 Å². The zero-order valence-corrected chi connectivity index (χ0v) is 13.4. The molecule has 1 aromatic carbocycles. The van der Waals surface area contributed by atoms with Crippen LogP contribution in [-0.2, 0) is 13.1 Å². The first kappa shape index (κ1) is 15.5. The van der Waals surface area contributed by atoms with Crippen LogP contribution in [0.2, 0.25) is 0 Å². The summed E-state index contributed by atoms with van der Waals surface area (Å²) in [5, 5.41) is 3.37. The highest BCUT2D eigenvalue weighted by atomic mass is 15.1. The van der Waals surface area contributed by atoms with Crippen LogP contribution < -0.4 is 5.32 Å². The highest BCUT2D eigenvalue weighted by Crippen LogP contribution is 2.25. The van der Waals surface area contributed by atoms with Crippen molar-refractivity contribution in [1.82, 2.24) is 10.2 Å². The number of likely N-dealkylation sites (tertiary alicyclic amines) is 1. The van der Waals surface area contributed by atoms with E-state index in [4.69, 9.17) is 0 Å². The van der Waals surface area contributed by atoms with Crippen molar-refractivity contribution < 1.29 is 0 Å². The third-order valence-corrected chi connectivity index (χ3v) is 4.58. The highest BCUT2D eigenvalue weighted by molar-refractivity contribution is 5.22. The normalized spacial score (nSPS) is 17.8. The second-order valence-corrected chi connectivity index (χ2v) is 6.45. The van der Waals surface area contributed by atoms with E-state index < -0.39 is 0 Å². The molecule has 0 radical (unpaired) electrons. The molecular formula is C18H30N2. The zero-order valence-electron chi connectivity index (χ0n) is 13.4. The Labute approximate surface area is 124 Å². The average Bonchev–Trinajstić information content (AvgIpc) is 2.47. The molecule has 2 heteroatoms. The van der Waals surface area contributed by atoms with Crippen molar-refractivity contribution >= 4 is 0 Å². The minimum atomic E-state index is 0.850. The fraction of sp³-hybridized carbons (Fsp3) is 0.667. The average molecular weight is 274 g/mol. The molecule has 1 saturated heterocycles. The van der Waals surface area contributed by atoms with Crippen molar-refractivity contribution in [1.29, 1.82) is 0 Å². The topological polar surface area (TPSA) is 15.3 Å². The van der Waals surface area contributed by atoms with Crippen molar-refractivity contribution in [2.75, 3.05) is 19.6 Å². The Morgan fingerprint density at radius 2 is 1.70 bits per heavy atom. The summed E-state index contributed by atoms with van der Waals surface area (Å²) in [6, 6.07) is 9.11. The standard InChI is InChI=1S/C18H30N2/c1-4-19-13-16-5-7-17(8-6-16)14-20-11-9-18(10-12-20)15(2)3/h5-8,15,18-19H,4,9-14H2,1-3H3. The first-order valence-corrected chi connectivity index (χ1v) is 8.20. The van der Waals surface area contributed by atoms with Crippen LogP contribution in [0.4, 0.5) is 0 Å². The number of hydrogen-bond donors (Lipinski definition) is 1. The summed E-state index contributed by atoms with van der Waals surface area (Å²) in [6.45, 7) is 12.5. The zero-order chi connectivity index (χ0) is 14.4. The third kappa shape index (κ3) is 4.60. The van der Waals surface area contributed by atoms with E-state index in [0.717, 1.165) is 31.5 Å². The van der Waals surface area contributed by atoms with Gasteiger partial charge in [-0.15, -0.1) is 0 Å². The Morgan fingerprint density at radius 3 is 2.25 bits per heavy atom. The Balaban J connectivity index is 1.79. The fourth-order valence-corrected chi connectivity index (χ4v) is 3.07. The summed E-state index contributed by atoms with van der Waals surface area (Å²) in [5.74, 6) is 1.79. The molecule has 20 heavy (non-hydrogen) atoms. The van der Waals surface area contributed by atoms with Gasteiger partial charge in [-0.3, -0.25) is 4.90 Å². The summed E-state index contributed by atoms with van der Waals surface area (Å²) < 4.78 is 0. The minimum Gasteiger partial charge on any atom is -0.313 e. The summed E-state index contributed by atoms with van der Waals surface area (Å²) in [5.41, 5.74) is 2.84. The molecule has 2 nitrogen and oxygen atoms in total. The van der Waals surface area contributed by atoms with Crippen LogP contribution in [0.3, 0.4) is 0 Å². The molecule has 2 rings (SSSR count). The van der Waals surface area contributed by atoms with E-state index in [1.54, 1.807) is 0 Å². The maximum atomic E-state index is 3.37. The number of rotatable bonds is 6. The predicted molar refractivity (Wildman–Crippen MR) is 86.7 cm³/mol. The van der Waals surface area contributed by atoms with Crippen LogP contribution in [0.1, 0.15) is 44.7 Å². The molecule has 0 unspecified atom stereocenters. The van der Waals surface area contributed by atoms with Gasteiger partial charge in [-0.2, -0.15) is 0 Å². The van der Waals surface area contributed by atoms with Crippen molar-refractivity contribution in [3.8, 4) is 0 Å². The lowest BCUT2D eigenvalue weighted by atomic mass is 9.86. The van der Waals surface area contributed by atoms with Gasteiger partial charge in [0.2, 0.25) is 0 Å². The maximum absolute atomic E-state index is 3.37. The Morgan fingerprint density at radius 1 is 1.10 bits per heavy atom. The molecule has 0 aromatic heterocycles. The quantitative estimate of drug-likeness (QED) is 0.851. The van der Waals surface area contributed by atoms with Crippen LogP contribution in [-0.4, -0.2) is 24.5 Å². The Kier molecular flexibility index (Phi) is 6.06. The highest BCUT2D eigenvalue weighted by Gasteiger charge is 2.21. The molecule has 1 N–H and O–H groups in total. The molecule has 112 valence electrons. The van der Waals surface area contributed by atoms with Gasteiger partial charge in [-0.05, 0) is 55.4 Å². The summed E-state index contributed by atoms with van der Waals surface area (Å²) in [4.78, 5) is 2.61. The van der Waals surface area contributed by atoms with Gasteiger partial charge in [-0.1, -0.05) is 45.0 Å². The van der Waals surface area contributed by atoms with Crippen molar-refractivity contribution in [3.63, 3.8) is 0 Å². The molecule has 0 bridgehead atoms. The van der Waals surface area contributed by atoms with E-state index >= 15 is 0 Å². The first-order valence-electron chi connectivity index (χ1n) is 8.20. The summed E-state index contributed by atoms with van der Waals surface area (Å²) in [7, 11) is 0. The van der Waals surface area contributed by atoms with E-state index in [-0.39, 0.29) is 0 Å². The van der Waals surface area contributed by atoms with Crippen molar-refractivity contribution in [3.05, 3.63) is 35.4 Å². The number of benzene rings is 1. The predicted octanol–water partition coefficient (Wildman–Crippen LogP) is 3.66. The Bertz CT molecular complexity index is 375. The van der Waals surface area contributed by atoms with Crippen molar-refractivity contribution in [2.24, 2.45) is 11.8 Å².